The minimum absolute atomic E-state index is 0.306. The molecule has 0 saturated carbocycles. The smallest absolute Gasteiger partial charge is 0.343 e. The summed E-state index contributed by atoms with van der Waals surface area (Å²) in [5, 5.41) is 5.33. The number of rotatable bonds is 7. The van der Waals surface area contributed by atoms with Crippen LogP contribution >= 0.6 is 11.6 Å². The number of benzene rings is 4. The molecule has 0 N–H and O–H groups in total. The molecule has 4 aromatic carbocycles. The fourth-order valence-electron chi connectivity index (χ4n) is 3.71. The molecular formula is C30H22ClN3O3. The van der Waals surface area contributed by atoms with Gasteiger partial charge in [0.15, 0.2) is 17.3 Å². The van der Waals surface area contributed by atoms with Crippen LogP contribution in [0.3, 0.4) is 0 Å². The highest BCUT2D eigenvalue weighted by Gasteiger charge is 2.14. The number of nitrogens with zero attached hydrogens (tertiary/aromatic N) is 3. The van der Waals surface area contributed by atoms with Gasteiger partial charge in [-0.1, -0.05) is 60.1 Å². The second-order valence-corrected chi connectivity index (χ2v) is 8.50. The second-order valence-electron chi connectivity index (χ2n) is 8.07. The highest BCUT2D eigenvalue weighted by Crippen LogP contribution is 2.30. The van der Waals surface area contributed by atoms with Crippen molar-refractivity contribution in [3.05, 3.63) is 125 Å². The van der Waals surface area contributed by atoms with Crippen LogP contribution in [0.25, 0.3) is 16.9 Å². The lowest BCUT2D eigenvalue weighted by Gasteiger charge is -2.10. The molecule has 0 bridgehead atoms. The lowest BCUT2D eigenvalue weighted by Crippen LogP contribution is -2.09. The molecule has 37 heavy (non-hydrogen) atoms. The van der Waals surface area contributed by atoms with Gasteiger partial charge in [0.1, 0.15) is 0 Å². The van der Waals surface area contributed by atoms with Gasteiger partial charge in [-0.25, -0.2) is 14.5 Å². The molecule has 0 saturated heterocycles. The lowest BCUT2D eigenvalue weighted by atomic mass is 10.1. The van der Waals surface area contributed by atoms with Crippen LogP contribution in [0.15, 0.2) is 114 Å². The van der Waals surface area contributed by atoms with E-state index >= 15 is 0 Å². The standard InChI is InChI=1S/C30H22ClN3O3/c1-36-28-18-21(12-17-27(28)37-30(35)23-13-15-24(31)16-14-23)20-32-29-19-26(22-8-4-2-5-9-22)33-34(29)25-10-6-3-7-11-25/h2-20H,1H3. The van der Waals surface area contributed by atoms with Crippen molar-refractivity contribution in [2.24, 2.45) is 4.99 Å². The summed E-state index contributed by atoms with van der Waals surface area (Å²) >= 11 is 5.90. The van der Waals surface area contributed by atoms with E-state index in [0.717, 1.165) is 22.5 Å². The average Bonchev–Trinajstić information content (AvgIpc) is 3.38. The van der Waals surface area contributed by atoms with Gasteiger partial charge >= 0.3 is 5.97 Å². The molecule has 182 valence electrons. The molecule has 1 aromatic heterocycles. The zero-order valence-electron chi connectivity index (χ0n) is 19.9. The number of esters is 1. The minimum Gasteiger partial charge on any atom is -0.493 e. The summed E-state index contributed by atoms with van der Waals surface area (Å²) in [7, 11) is 1.52. The van der Waals surface area contributed by atoms with Crippen molar-refractivity contribution in [2.45, 2.75) is 0 Å². The molecule has 0 aliphatic rings. The minimum atomic E-state index is -0.503. The topological polar surface area (TPSA) is 65.7 Å². The summed E-state index contributed by atoms with van der Waals surface area (Å²) in [5.74, 6) is 0.881. The van der Waals surface area contributed by atoms with Gasteiger partial charge in [-0.2, -0.15) is 5.10 Å². The van der Waals surface area contributed by atoms with Gasteiger partial charge in [-0.3, -0.25) is 0 Å². The fourth-order valence-corrected chi connectivity index (χ4v) is 3.83. The van der Waals surface area contributed by atoms with Crippen molar-refractivity contribution in [2.75, 3.05) is 7.11 Å². The fraction of sp³-hybridized carbons (Fsp3) is 0.0333. The molecule has 0 radical (unpaired) electrons. The molecule has 0 aliphatic carbocycles. The molecule has 0 aliphatic heterocycles. The van der Waals surface area contributed by atoms with Crippen LogP contribution in [0.1, 0.15) is 15.9 Å². The maximum Gasteiger partial charge on any atom is 0.343 e. The summed E-state index contributed by atoms with van der Waals surface area (Å²) in [6.07, 6.45) is 1.72. The normalized spacial score (nSPS) is 11.0. The second kappa shape index (κ2) is 10.9. The molecule has 7 heteroatoms. The van der Waals surface area contributed by atoms with E-state index in [1.54, 1.807) is 53.4 Å². The maximum atomic E-state index is 12.5. The molecule has 1 heterocycles. The predicted octanol–water partition coefficient (Wildman–Crippen LogP) is 7.17. The van der Waals surface area contributed by atoms with Gasteiger partial charge in [0.2, 0.25) is 0 Å². The number of carbonyl (C=O) groups excluding carboxylic acids is 1. The first kappa shape index (κ1) is 24.0. The third-order valence-corrected chi connectivity index (χ3v) is 5.83. The molecule has 5 rings (SSSR count). The van der Waals surface area contributed by atoms with Gasteiger partial charge in [0.05, 0.1) is 24.1 Å². The van der Waals surface area contributed by atoms with Gasteiger partial charge in [0, 0.05) is 22.9 Å². The number of carbonyl (C=O) groups is 1. The van der Waals surface area contributed by atoms with E-state index in [1.807, 2.05) is 66.7 Å². The predicted molar refractivity (Wildman–Crippen MR) is 146 cm³/mol. The Morgan fingerprint density at radius 3 is 2.27 bits per heavy atom. The van der Waals surface area contributed by atoms with Crippen LogP contribution < -0.4 is 9.47 Å². The summed E-state index contributed by atoms with van der Waals surface area (Å²) in [6.45, 7) is 0. The summed E-state index contributed by atoms with van der Waals surface area (Å²) in [5.41, 5.74) is 3.88. The van der Waals surface area contributed by atoms with Gasteiger partial charge in [-0.05, 0) is 60.2 Å². The lowest BCUT2D eigenvalue weighted by molar-refractivity contribution is 0.0729. The summed E-state index contributed by atoms with van der Waals surface area (Å²) < 4.78 is 12.8. The van der Waals surface area contributed by atoms with E-state index in [0.29, 0.717) is 27.9 Å². The first-order chi connectivity index (χ1) is 18.1. The Hall–Kier alpha value is -4.68. The maximum absolute atomic E-state index is 12.5. The van der Waals surface area contributed by atoms with Crippen molar-refractivity contribution < 1.29 is 14.3 Å². The SMILES string of the molecule is COc1cc(C=Nc2cc(-c3ccccc3)nn2-c2ccccc2)ccc1OC(=O)c1ccc(Cl)cc1. The Morgan fingerprint density at radius 2 is 1.57 bits per heavy atom. The number of para-hydroxylation sites is 1. The Labute approximate surface area is 219 Å². The van der Waals surface area contributed by atoms with Crippen LogP contribution in [0.2, 0.25) is 5.02 Å². The van der Waals surface area contributed by atoms with E-state index in [1.165, 1.54) is 7.11 Å². The van der Waals surface area contributed by atoms with Crippen molar-refractivity contribution in [3.8, 4) is 28.4 Å². The first-order valence-electron chi connectivity index (χ1n) is 11.5. The number of methoxy groups -OCH3 is 1. The summed E-state index contributed by atoms with van der Waals surface area (Å²) in [6, 6.07) is 33.5. The number of aliphatic imine (C=N–C) groups is 1. The number of hydrogen-bond donors (Lipinski definition) is 0. The van der Waals surface area contributed by atoms with E-state index in [2.05, 4.69) is 0 Å². The van der Waals surface area contributed by atoms with Crippen molar-refractivity contribution in [1.29, 1.82) is 0 Å². The molecule has 0 fully saturated rings. The van der Waals surface area contributed by atoms with Crippen molar-refractivity contribution in [3.63, 3.8) is 0 Å². The van der Waals surface area contributed by atoms with E-state index in [4.69, 9.17) is 31.2 Å². The van der Waals surface area contributed by atoms with Gasteiger partial charge in [0.25, 0.3) is 0 Å². The van der Waals surface area contributed by atoms with Crippen molar-refractivity contribution >= 4 is 29.6 Å². The van der Waals surface area contributed by atoms with Crippen LogP contribution in [-0.2, 0) is 0 Å². The zero-order chi connectivity index (χ0) is 25.6. The van der Waals surface area contributed by atoms with E-state index < -0.39 is 5.97 Å². The zero-order valence-corrected chi connectivity index (χ0v) is 20.7. The quantitative estimate of drug-likeness (QED) is 0.133. The average molecular weight is 508 g/mol. The summed E-state index contributed by atoms with van der Waals surface area (Å²) in [4.78, 5) is 17.2. The molecule has 5 aromatic rings. The van der Waals surface area contributed by atoms with Crippen LogP contribution in [0.4, 0.5) is 5.82 Å². The van der Waals surface area contributed by atoms with E-state index in [9.17, 15) is 4.79 Å². The number of hydrogen-bond acceptors (Lipinski definition) is 5. The van der Waals surface area contributed by atoms with Gasteiger partial charge in [-0.15, -0.1) is 0 Å². The molecule has 0 atom stereocenters. The van der Waals surface area contributed by atoms with Gasteiger partial charge < -0.3 is 9.47 Å². The number of aromatic nitrogens is 2. The Morgan fingerprint density at radius 1 is 0.865 bits per heavy atom. The highest BCUT2D eigenvalue weighted by atomic mass is 35.5. The van der Waals surface area contributed by atoms with Crippen LogP contribution in [0, 0.1) is 0 Å². The molecule has 6 nitrogen and oxygen atoms in total. The first-order valence-corrected chi connectivity index (χ1v) is 11.9. The highest BCUT2D eigenvalue weighted by molar-refractivity contribution is 6.30. The largest absolute Gasteiger partial charge is 0.493 e. The molecular weight excluding hydrogens is 486 g/mol. The third-order valence-electron chi connectivity index (χ3n) is 5.58. The van der Waals surface area contributed by atoms with Crippen molar-refractivity contribution in [1.82, 2.24) is 9.78 Å². The van der Waals surface area contributed by atoms with E-state index in [-0.39, 0.29) is 0 Å². The molecule has 0 spiro atoms. The monoisotopic (exact) mass is 507 g/mol. The number of halogens is 1. The Balaban J connectivity index is 1.42. The number of ether oxygens (including phenoxy) is 2. The third kappa shape index (κ3) is 5.60. The Bertz CT molecular complexity index is 1550. The molecule has 0 amide bonds. The van der Waals surface area contributed by atoms with Crippen LogP contribution in [0.5, 0.6) is 11.5 Å². The Kier molecular flexibility index (Phi) is 7.10. The van der Waals surface area contributed by atoms with Crippen LogP contribution in [-0.4, -0.2) is 29.1 Å². The molecule has 0 unspecified atom stereocenters.